The van der Waals surface area contributed by atoms with Gasteiger partial charge >= 0.3 is 0 Å². The Morgan fingerprint density at radius 1 is 1.26 bits per heavy atom. The smallest absolute Gasteiger partial charge is 0.290 e. The number of hydrogen-bond acceptors (Lipinski definition) is 4. The second-order valence-corrected chi connectivity index (χ2v) is 5.91. The molecule has 1 aromatic carbocycles. The highest BCUT2D eigenvalue weighted by atomic mass is 16.5. The molecule has 2 amide bonds. The van der Waals surface area contributed by atoms with Gasteiger partial charge in [-0.3, -0.25) is 9.59 Å². The molecule has 1 aromatic heterocycles. The standard InChI is InChI=1S/C17H19N3O3/c1-10-9-15(23-20-10)17(22)18-11(2)12-5-7-14(8-6-12)19-16(21)13-3-4-13/h5-9,11,13H,3-4H2,1-2H3,(H,18,22)(H,19,21)/t11-/m1/s1. The van der Waals surface area contributed by atoms with E-state index in [0.717, 1.165) is 24.1 Å². The van der Waals surface area contributed by atoms with Gasteiger partial charge in [-0.25, -0.2) is 0 Å². The minimum absolute atomic E-state index is 0.0831. The number of aryl methyl sites for hydroxylation is 1. The zero-order valence-corrected chi connectivity index (χ0v) is 13.1. The quantitative estimate of drug-likeness (QED) is 0.889. The number of anilines is 1. The second kappa shape index (κ2) is 6.24. The minimum Gasteiger partial charge on any atom is -0.351 e. The van der Waals surface area contributed by atoms with Crippen LogP contribution in [0.25, 0.3) is 0 Å². The molecule has 0 radical (unpaired) electrons. The number of nitrogens with one attached hydrogen (secondary N) is 2. The molecule has 1 saturated carbocycles. The molecule has 120 valence electrons. The molecule has 1 heterocycles. The van der Waals surface area contributed by atoms with Crippen LogP contribution in [0.2, 0.25) is 0 Å². The third kappa shape index (κ3) is 3.77. The maximum absolute atomic E-state index is 12.0. The molecule has 0 saturated heterocycles. The molecule has 2 aromatic rings. The molecule has 0 aliphatic heterocycles. The van der Waals surface area contributed by atoms with Crippen LogP contribution in [0.4, 0.5) is 5.69 Å². The van der Waals surface area contributed by atoms with Gasteiger partial charge in [0.1, 0.15) is 0 Å². The Labute approximate surface area is 134 Å². The first kappa shape index (κ1) is 15.3. The zero-order chi connectivity index (χ0) is 16.4. The van der Waals surface area contributed by atoms with E-state index in [2.05, 4.69) is 15.8 Å². The van der Waals surface area contributed by atoms with Crippen LogP contribution in [0.1, 0.15) is 47.6 Å². The largest absolute Gasteiger partial charge is 0.351 e. The molecule has 1 fully saturated rings. The number of carbonyl (C=O) groups excluding carboxylic acids is 2. The number of benzene rings is 1. The summed E-state index contributed by atoms with van der Waals surface area (Å²) >= 11 is 0. The van der Waals surface area contributed by atoms with Crippen molar-refractivity contribution in [2.45, 2.75) is 32.7 Å². The van der Waals surface area contributed by atoms with Crippen LogP contribution in [0.5, 0.6) is 0 Å². The molecule has 23 heavy (non-hydrogen) atoms. The fourth-order valence-electron chi connectivity index (χ4n) is 2.27. The maximum Gasteiger partial charge on any atom is 0.290 e. The number of carbonyl (C=O) groups is 2. The van der Waals surface area contributed by atoms with E-state index >= 15 is 0 Å². The van der Waals surface area contributed by atoms with E-state index in [9.17, 15) is 9.59 Å². The number of aromatic nitrogens is 1. The minimum atomic E-state index is -0.302. The number of rotatable bonds is 5. The molecule has 0 spiro atoms. The average molecular weight is 313 g/mol. The van der Waals surface area contributed by atoms with Crippen molar-refractivity contribution in [3.63, 3.8) is 0 Å². The Kier molecular flexibility index (Phi) is 4.14. The van der Waals surface area contributed by atoms with E-state index in [1.54, 1.807) is 13.0 Å². The monoisotopic (exact) mass is 313 g/mol. The van der Waals surface area contributed by atoms with Gasteiger partial charge in [-0.05, 0) is 44.4 Å². The molecule has 1 atom stereocenters. The molecule has 0 unspecified atom stereocenters. The van der Waals surface area contributed by atoms with Crippen LogP contribution >= 0.6 is 0 Å². The molecule has 0 bridgehead atoms. The summed E-state index contributed by atoms with van der Waals surface area (Å²) in [7, 11) is 0. The first-order valence-electron chi connectivity index (χ1n) is 7.68. The highest BCUT2D eigenvalue weighted by molar-refractivity contribution is 5.94. The number of hydrogen-bond donors (Lipinski definition) is 2. The van der Waals surface area contributed by atoms with Gasteiger partial charge < -0.3 is 15.2 Å². The van der Waals surface area contributed by atoms with E-state index in [-0.39, 0.29) is 29.5 Å². The molecule has 1 aliphatic carbocycles. The fourth-order valence-corrected chi connectivity index (χ4v) is 2.27. The van der Waals surface area contributed by atoms with Crippen LogP contribution in [-0.4, -0.2) is 17.0 Å². The fraction of sp³-hybridized carbons (Fsp3) is 0.353. The Hall–Kier alpha value is -2.63. The van der Waals surface area contributed by atoms with E-state index in [0.29, 0.717) is 5.69 Å². The van der Waals surface area contributed by atoms with E-state index in [1.165, 1.54) is 0 Å². The van der Waals surface area contributed by atoms with Gasteiger partial charge in [-0.1, -0.05) is 17.3 Å². The summed E-state index contributed by atoms with van der Waals surface area (Å²) in [5.74, 6) is 0.157. The van der Waals surface area contributed by atoms with Crippen molar-refractivity contribution in [3.05, 3.63) is 47.3 Å². The molecule has 6 heteroatoms. The van der Waals surface area contributed by atoms with Crippen molar-refractivity contribution in [1.29, 1.82) is 0 Å². The molecular weight excluding hydrogens is 294 g/mol. The first-order valence-corrected chi connectivity index (χ1v) is 7.68. The Balaban J connectivity index is 1.59. The summed E-state index contributed by atoms with van der Waals surface area (Å²) < 4.78 is 4.94. The lowest BCUT2D eigenvalue weighted by molar-refractivity contribution is -0.117. The summed E-state index contributed by atoms with van der Waals surface area (Å²) in [6.07, 6.45) is 1.96. The third-order valence-electron chi connectivity index (χ3n) is 3.83. The number of amides is 2. The van der Waals surface area contributed by atoms with Crippen LogP contribution in [-0.2, 0) is 4.79 Å². The van der Waals surface area contributed by atoms with Crippen molar-refractivity contribution in [3.8, 4) is 0 Å². The van der Waals surface area contributed by atoms with Crippen LogP contribution in [0, 0.1) is 12.8 Å². The van der Waals surface area contributed by atoms with Gasteiger partial charge in [-0.15, -0.1) is 0 Å². The Morgan fingerprint density at radius 2 is 1.96 bits per heavy atom. The summed E-state index contributed by atoms with van der Waals surface area (Å²) in [6.45, 7) is 3.65. The number of nitrogens with zero attached hydrogens (tertiary/aromatic N) is 1. The van der Waals surface area contributed by atoms with Crippen molar-refractivity contribution < 1.29 is 14.1 Å². The molecule has 3 rings (SSSR count). The molecule has 1 aliphatic rings. The normalized spacial score (nSPS) is 15.0. The molecule has 6 nitrogen and oxygen atoms in total. The second-order valence-electron chi connectivity index (χ2n) is 5.91. The molecule has 2 N–H and O–H groups in total. The van der Waals surface area contributed by atoms with E-state index in [1.807, 2.05) is 31.2 Å². The van der Waals surface area contributed by atoms with Gasteiger partial charge in [-0.2, -0.15) is 0 Å². The van der Waals surface area contributed by atoms with Crippen LogP contribution in [0.3, 0.4) is 0 Å². The zero-order valence-electron chi connectivity index (χ0n) is 13.1. The van der Waals surface area contributed by atoms with Crippen molar-refractivity contribution in [2.75, 3.05) is 5.32 Å². The highest BCUT2D eigenvalue weighted by Crippen LogP contribution is 2.30. The van der Waals surface area contributed by atoms with Crippen LogP contribution in [0.15, 0.2) is 34.9 Å². The van der Waals surface area contributed by atoms with Crippen molar-refractivity contribution >= 4 is 17.5 Å². The first-order chi connectivity index (χ1) is 11.0. The lowest BCUT2D eigenvalue weighted by Crippen LogP contribution is -2.26. The van der Waals surface area contributed by atoms with Gasteiger partial charge in [0, 0.05) is 17.7 Å². The predicted molar refractivity (Wildman–Crippen MR) is 84.9 cm³/mol. The van der Waals surface area contributed by atoms with Gasteiger partial charge in [0.05, 0.1) is 11.7 Å². The summed E-state index contributed by atoms with van der Waals surface area (Å²) in [5, 5.41) is 9.44. The predicted octanol–water partition coefficient (Wildman–Crippen LogP) is 2.82. The average Bonchev–Trinajstić information content (AvgIpc) is 3.29. The van der Waals surface area contributed by atoms with Gasteiger partial charge in [0.25, 0.3) is 5.91 Å². The summed E-state index contributed by atoms with van der Waals surface area (Å²) in [5.41, 5.74) is 2.38. The van der Waals surface area contributed by atoms with Gasteiger partial charge in [0.15, 0.2) is 0 Å². The van der Waals surface area contributed by atoms with Crippen molar-refractivity contribution in [1.82, 2.24) is 10.5 Å². The lowest BCUT2D eigenvalue weighted by atomic mass is 10.1. The Morgan fingerprint density at radius 3 is 2.52 bits per heavy atom. The third-order valence-corrected chi connectivity index (χ3v) is 3.83. The SMILES string of the molecule is Cc1cc(C(=O)N[C@H](C)c2ccc(NC(=O)C3CC3)cc2)on1. The summed E-state index contributed by atoms with van der Waals surface area (Å²) in [4.78, 5) is 23.7. The van der Waals surface area contributed by atoms with E-state index in [4.69, 9.17) is 4.52 Å². The highest BCUT2D eigenvalue weighted by Gasteiger charge is 2.29. The Bertz CT molecular complexity index is 717. The summed E-state index contributed by atoms with van der Waals surface area (Å²) in [6, 6.07) is 8.88. The van der Waals surface area contributed by atoms with E-state index < -0.39 is 0 Å². The van der Waals surface area contributed by atoms with Crippen molar-refractivity contribution in [2.24, 2.45) is 5.92 Å². The topological polar surface area (TPSA) is 84.2 Å². The lowest BCUT2D eigenvalue weighted by Gasteiger charge is -2.14. The molecular formula is C17H19N3O3. The van der Waals surface area contributed by atoms with Gasteiger partial charge in [0.2, 0.25) is 11.7 Å². The van der Waals surface area contributed by atoms with Crippen LogP contribution < -0.4 is 10.6 Å². The maximum atomic E-state index is 12.0.